The highest BCUT2D eigenvalue weighted by molar-refractivity contribution is 7.84. The minimum absolute atomic E-state index is 0.256. The van der Waals surface area contributed by atoms with Crippen LogP contribution in [0.15, 0.2) is 6.20 Å². The molecule has 0 spiro atoms. The van der Waals surface area contributed by atoms with Gasteiger partial charge in [-0.25, -0.2) is 0 Å². The minimum Gasteiger partial charge on any atom is -0.383 e. The quantitative estimate of drug-likeness (QED) is 0.593. The molecule has 1 aromatic rings. The lowest BCUT2D eigenvalue weighted by Gasteiger charge is -2.02. The fourth-order valence-corrected chi connectivity index (χ4v) is 1.60. The summed E-state index contributed by atoms with van der Waals surface area (Å²) in [5.41, 5.74) is 5.81. The second-order valence-electron chi connectivity index (χ2n) is 3.08. The molecule has 1 amide bonds. The summed E-state index contributed by atoms with van der Waals surface area (Å²) in [7, 11) is -0.816. The number of hydrogen-bond donors (Lipinski definition) is 3. The number of amides is 1. The lowest BCUT2D eigenvalue weighted by molar-refractivity contribution is 0.0954. The normalized spacial score (nSPS) is 12.3. The number of aromatic amines is 1. The summed E-state index contributed by atoms with van der Waals surface area (Å²) in [6, 6.07) is 0. The first kappa shape index (κ1) is 11.7. The van der Waals surface area contributed by atoms with Gasteiger partial charge in [0.1, 0.15) is 11.4 Å². The van der Waals surface area contributed by atoms with Gasteiger partial charge in [0.15, 0.2) is 0 Å². The standard InChI is InChI=1S/C8H14N4O2S/c1-15(14)4-2-3-10-8(13)6-5-11-12-7(6)9/h5H,2-4H2,1H3,(H,10,13)(H3,9,11,12). The third-order valence-electron chi connectivity index (χ3n) is 1.81. The number of nitrogens with zero attached hydrogens (tertiary/aromatic N) is 1. The van der Waals surface area contributed by atoms with Crippen LogP contribution in [-0.4, -0.2) is 38.9 Å². The van der Waals surface area contributed by atoms with Crippen molar-refractivity contribution < 1.29 is 9.00 Å². The summed E-state index contributed by atoms with van der Waals surface area (Å²) in [4.78, 5) is 11.4. The van der Waals surface area contributed by atoms with Gasteiger partial charge in [-0.3, -0.25) is 14.1 Å². The van der Waals surface area contributed by atoms with Crippen LogP contribution in [0.5, 0.6) is 0 Å². The molecule has 15 heavy (non-hydrogen) atoms. The third-order valence-corrected chi connectivity index (χ3v) is 2.67. The van der Waals surface area contributed by atoms with Crippen molar-refractivity contribution in [3.8, 4) is 0 Å². The first-order valence-electron chi connectivity index (χ1n) is 4.48. The van der Waals surface area contributed by atoms with Crippen molar-refractivity contribution in [3.63, 3.8) is 0 Å². The first-order valence-corrected chi connectivity index (χ1v) is 6.21. The molecule has 6 nitrogen and oxygen atoms in total. The molecule has 0 aliphatic rings. The van der Waals surface area contributed by atoms with Crippen LogP contribution in [0.25, 0.3) is 0 Å². The molecule has 0 saturated heterocycles. The Labute approximate surface area is 90.1 Å². The maximum atomic E-state index is 11.4. The van der Waals surface area contributed by atoms with Crippen LogP contribution < -0.4 is 11.1 Å². The molecule has 0 radical (unpaired) electrons. The van der Waals surface area contributed by atoms with Gasteiger partial charge in [0.05, 0.1) is 6.20 Å². The number of carbonyl (C=O) groups is 1. The van der Waals surface area contributed by atoms with E-state index in [9.17, 15) is 9.00 Å². The molecule has 0 saturated carbocycles. The van der Waals surface area contributed by atoms with E-state index >= 15 is 0 Å². The molecule has 0 bridgehead atoms. The van der Waals surface area contributed by atoms with E-state index < -0.39 is 10.8 Å². The molecular formula is C8H14N4O2S. The lowest BCUT2D eigenvalue weighted by Crippen LogP contribution is -2.25. The Balaban J connectivity index is 2.31. The monoisotopic (exact) mass is 230 g/mol. The Bertz CT molecular complexity index is 363. The van der Waals surface area contributed by atoms with Crippen LogP contribution in [0.4, 0.5) is 5.82 Å². The Morgan fingerprint density at radius 1 is 1.73 bits per heavy atom. The van der Waals surface area contributed by atoms with E-state index in [1.54, 1.807) is 6.26 Å². The number of H-pyrrole nitrogens is 1. The molecular weight excluding hydrogens is 216 g/mol. The smallest absolute Gasteiger partial charge is 0.256 e. The highest BCUT2D eigenvalue weighted by Crippen LogP contribution is 2.04. The zero-order valence-corrected chi connectivity index (χ0v) is 9.26. The van der Waals surface area contributed by atoms with E-state index in [4.69, 9.17) is 5.73 Å². The van der Waals surface area contributed by atoms with Crippen molar-refractivity contribution in [2.45, 2.75) is 6.42 Å². The number of anilines is 1. The largest absolute Gasteiger partial charge is 0.383 e. The van der Waals surface area contributed by atoms with Crippen LogP contribution in [-0.2, 0) is 10.8 Å². The Morgan fingerprint density at radius 3 is 3.00 bits per heavy atom. The SMILES string of the molecule is CS(=O)CCCNC(=O)c1cn[nH]c1N. The lowest BCUT2D eigenvalue weighted by atomic mass is 10.3. The van der Waals surface area contributed by atoms with Crippen molar-refractivity contribution in [2.75, 3.05) is 24.3 Å². The van der Waals surface area contributed by atoms with Gasteiger partial charge in [-0.05, 0) is 6.42 Å². The van der Waals surface area contributed by atoms with Crippen LogP contribution in [0.3, 0.4) is 0 Å². The van der Waals surface area contributed by atoms with Gasteiger partial charge in [0, 0.05) is 29.4 Å². The molecule has 0 aliphatic carbocycles. The highest BCUT2D eigenvalue weighted by Gasteiger charge is 2.10. The van der Waals surface area contributed by atoms with Crippen molar-refractivity contribution in [2.24, 2.45) is 0 Å². The average Bonchev–Trinajstić information content (AvgIpc) is 2.58. The summed E-state index contributed by atoms with van der Waals surface area (Å²) in [6.45, 7) is 0.489. The van der Waals surface area contributed by atoms with Crippen LogP contribution >= 0.6 is 0 Å². The van der Waals surface area contributed by atoms with Crippen molar-refractivity contribution >= 4 is 22.5 Å². The Hall–Kier alpha value is -1.37. The van der Waals surface area contributed by atoms with E-state index in [0.29, 0.717) is 24.3 Å². The molecule has 0 fully saturated rings. The molecule has 0 aliphatic heterocycles. The number of nitrogen functional groups attached to an aromatic ring is 1. The number of carbonyl (C=O) groups excluding carboxylic acids is 1. The van der Waals surface area contributed by atoms with Crippen molar-refractivity contribution in [3.05, 3.63) is 11.8 Å². The summed E-state index contributed by atoms with van der Waals surface area (Å²) in [5.74, 6) is 0.580. The first-order chi connectivity index (χ1) is 7.11. The summed E-state index contributed by atoms with van der Waals surface area (Å²) >= 11 is 0. The fraction of sp³-hybridized carbons (Fsp3) is 0.500. The molecule has 1 heterocycles. The second-order valence-corrected chi connectivity index (χ2v) is 4.64. The van der Waals surface area contributed by atoms with E-state index in [0.717, 1.165) is 0 Å². The number of aromatic nitrogens is 2. The second kappa shape index (κ2) is 5.50. The minimum atomic E-state index is -0.816. The van der Waals surface area contributed by atoms with Crippen LogP contribution in [0.2, 0.25) is 0 Å². The van der Waals surface area contributed by atoms with Crippen molar-refractivity contribution in [1.29, 1.82) is 0 Å². The molecule has 0 aromatic carbocycles. The van der Waals surface area contributed by atoms with Gasteiger partial charge in [-0.2, -0.15) is 5.10 Å². The summed E-state index contributed by atoms with van der Waals surface area (Å²) in [5, 5.41) is 8.78. The van der Waals surface area contributed by atoms with E-state index in [-0.39, 0.29) is 11.7 Å². The summed E-state index contributed by atoms with van der Waals surface area (Å²) < 4.78 is 10.7. The number of nitrogens with one attached hydrogen (secondary N) is 2. The van der Waals surface area contributed by atoms with Gasteiger partial charge in [-0.1, -0.05) is 0 Å². The van der Waals surface area contributed by atoms with Gasteiger partial charge < -0.3 is 11.1 Å². The van der Waals surface area contributed by atoms with Gasteiger partial charge in [0.2, 0.25) is 0 Å². The maximum Gasteiger partial charge on any atom is 0.256 e. The molecule has 84 valence electrons. The third kappa shape index (κ3) is 3.70. The van der Waals surface area contributed by atoms with Gasteiger partial charge >= 0.3 is 0 Å². The fourth-order valence-electron chi connectivity index (χ4n) is 1.05. The van der Waals surface area contributed by atoms with E-state index in [1.165, 1.54) is 6.20 Å². The van der Waals surface area contributed by atoms with E-state index in [2.05, 4.69) is 15.5 Å². The van der Waals surface area contributed by atoms with Gasteiger partial charge in [0.25, 0.3) is 5.91 Å². The summed E-state index contributed by atoms with van der Waals surface area (Å²) in [6.07, 6.45) is 3.70. The predicted molar refractivity (Wildman–Crippen MR) is 58.9 cm³/mol. The molecule has 1 atom stereocenters. The number of hydrogen-bond acceptors (Lipinski definition) is 4. The number of rotatable bonds is 5. The predicted octanol–water partition coefficient (Wildman–Crippen LogP) is -0.510. The molecule has 7 heteroatoms. The zero-order chi connectivity index (χ0) is 11.3. The van der Waals surface area contributed by atoms with E-state index in [1.807, 2.05) is 0 Å². The van der Waals surface area contributed by atoms with Crippen LogP contribution in [0, 0.1) is 0 Å². The Kier molecular flexibility index (Phi) is 4.29. The Morgan fingerprint density at radius 2 is 2.47 bits per heavy atom. The van der Waals surface area contributed by atoms with Crippen LogP contribution in [0.1, 0.15) is 16.8 Å². The zero-order valence-electron chi connectivity index (χ0n) is 8.45. The van der Waals surface area contributed by atoms with Crippen molar-refractivity contribution in [1.82, 2.24) is 15.5 Å². The van der Waals surface area contributed by atoms with Gasteiger partial charge in [-0.15, -0.1) is 0 Å². The molecule has 1 aromatic heterocycles. The molecule has 4 N–H and O–H groups in total. The highest BCUT2D eigenvalue weighted by atomic mass is 32.2. The molecule has 1 rings (SSSR count). The maximum absolute atomic E-state index is 11.4. The average molecular weight is 230 g/mol. The number of nitrogens with two attached hydrogens (primary N) is 1. The topological polar surface area (TPSA) is 101 Å². The molecule has 1 unspecified atom stereocenters.